The predicted octanol–water partition coefficient (Wildman–Crippen LogP) is 3.74. The van der Waals surface area contributed by atoms with Crippen LogP contribution < -0.4 is 5.32 Å². The van der Waals surface area contributed by atoms with Crippen molar-refractivity contribution >= 4 is 11.3 Å². The Bertz CT molecular complexity index is 558. The van der Waals surface area contributed by atoms with E-state index in [1.54, 1.807) is 10.4 Å². The van der Waals surface area contributed by atoms with Crippen molar-refractivity contribution in [1.82, 2.24) is 15.1 Å². The lowest BCUT2D eigenvalue weighted by molar-refractivity contribution is 0.387. The average molecular weight is 289 g/mol. The van der Waals surface area contributed by atoms with Gasteiger partial charge in [0.1, 0.15) is 0 Å². The van der Waals surface area contributed by atoms with Gasteiger partial charge in [-0.05, 0) is 55.8 Å². The second kappa shape index (κ2) is 6.10. The lowest BCUT2D eigenvalue weighted by Crippen LogP contribution is -2.30. The molecule has 108 valence electrons. The summed E-state index contributed by atoms with van der Waals surface area (Å²) in [5.74, 6) is 0.590. The summed E-state index contributed by atoms with van der Waals surface area (Å²) in [4.78, 5) is 1.59. The second-order valence-electron chi connectivity index (χ2n) is 5.41. The molecule has 0 spiro atoms. The molecule has 2 heterocycles. The number of hydrogen-bond acceptors (Lipinski definition) is 3. The minimum Gasteiger partial charge on any atom is -0.308 e. The quantitative estimate of drug-likeness (QED) is 0.909. The van der Waals surface area contributed by atoms with Gasteiger partial charge in [0.05, 0.1) is 11.7 Å². The van der Waals surface area contributed by atoms with Gasteiger partial charge in [0.15, 0.2) is 0 Å². The molecule has 1 aliphatic carbocycles. The summed E-state index contributed by atoms with van der Waals surface area (Å²) in [6, 6.07) is 4.90. The maximum atomic E-state index is 4.46. The molecule has 2 unspecified atom stereocenters. The number of aromatic nitrogens is 2. The van der Waals surface area contributed by atoms with E-state index in [-0.39, 0.29) is 0 Å². The fourth-order valence-corrected chi connectivity index (χ4v) is 4.41. The van der Waals surface area contributed by atoms with E-state index in [1.807, 2.05) is 17.5 Å². The fourth-order valence-electron chi connectivity index (χ4n) is 3.41. The number of nitrogens with one attached hydrogen (secondary N) is 1. The van der Waals surface area contributed by atoms with Crippen molar-refractivity contribution in [3.63, 3.8) is 0 Å². The van der Waals surface area contributed by atoms with Gasteiger partial charge in [-0.25, -0.2) is 0 Å². The van der Waals surface area contributed by atoms with E-state index in [1.165, 1.54) is 25.0 Å². The molecule has 1 N–H and O–H groups in total. The molecular formula is C16H23N3S. The van der Waals surface area contributed by atoms with Crippen LogP contribution in [0.4, 0.5) is 0 Å². The summed E-state index contributed by atoms with van der Waals surface area (Å²) in [5.41, 5.74) is 2.90. The van der Waals surface area contributed by atoms with Gasteiger partial charge in [-0.15, -0.1) is 11.3 Å². The summed E-state index contributed by atoms with van der Waals surface area (Å²) in [6.07, 6.45) is 5.77. The Labute approximate surface area is 125 Å². The zero-order chi connectivity index (χ0) is 13.9. The lowest BCUT2D eigenvalue weighted by Gasteiger charge is -2.31. The molecule has 0 aromatic carbocycles. The molecule has 0 fully saturated rings. The van der Waals surface area contributed by atoms with E-state index in [9.17, 15) is 0 Å². The fraction of sp³-hybridized carbons (Fsp3) is 0.562. The van der Waals surface area contributed by atoms with Crippen LogP contribution in [0, 0.1) is 0 Å². The van der Waals surface area contributed by atoms with Gasteiger partial charge in [-0.2, -0.15) is 5.10 Å². The van der Waals surface area contributed by atoms with Crippen LogP contribution in [-0.4, -0.2) is 16.3 Å². The normalized spacial score (nSPS) is 19.8. The molecular weight excluding hydrogens is 266 g/mol. The Hall–Kier alpha value is -1.13. The van der Waals surface area contributed by atoms with Crippen molar-refractivity contribution in [3.8, 4) is 0 Å². The summed E-state index contributed by atoms with van der Waals surface area (Å²) in [5, 5.41) is 10.4. The van der Waals surface area contributed by atoms with Crippen LogP contribution in [0.1, 0.15) is 54.8 Å². The Balaban J connectivity index is 1.96. The Kier molecular flexibility index (Phi) is 4.22. The van der Waals surface area contributed by atoms with E-state index in [2.05, 4.69) is 46.5 Å². The van der Waals surface area contributed by atoms with Gasteiger partial charge in [0, 0.05) is 23.5 Å². The number of thiophene rings is 1. The van der Waals surface area contributed by atoms with Crippen LogP contribution in [0.2, 0.25) is 0 Å². The van der Waals surface area contributed by atoms with Crippen LogP contribution in [0.15, 0.2) is 23.7 Å². The van der Waals surface area contributed by atoms with Crippen molar-refractivity contribution < 1.29 is 0 Å². The maximum absolute atomic E-state index is 4.46. The van der Waals surface area contributed by atoms with E-state index in [4.69, 9.17) is 0 Å². The smallest absolute Gasteiger partial charge is 0.0561 e. The maximum Gasteiger partial charge on any atom is 0.0561 e. The van der Waals surface area contributed by atoms with Crippen molar-refractivity contribution in [3.05, 3.63) is 39.8 Å². The molecule has 0 bridgehead atoms. The van der Waals surface area contributed by atoms with E-state index < -0.39 is 0 Å². The van der Waals surface area contributed by atoms with Crippen molar-refractivity contribution in [1.29, 1.82) is 0 Å². The van der Waals surface area contributed by atoms with E-state index >= 15 is 0 Å². The highest BCUT2D eigenvalue weighted by Gasteiger charge is 2.30. The van der Waals surface area contributed by atoms with Gasteiger partial charge in [-0.1, -0.05) is 6.92 Å². The van der Waals surface area contributed by atoms with Gasteiger partial charge >= 0.3 is 0 Å². The molecule has 0 saturated carbocycles. The van der Waals surface area contributed by atoms with Gasteiger partial charge in [-0.3, -0.25) is 4.68 Å². The zero-order valence-electron chi connectivity index (χ0n) is 12.3. The number of nitrogens with zero attached hydrogens (tertiary/aromatic N) is 2. The largest absolute Gasteiger partial charge is 0.308 e. The molecule has 20 heavy (non-hydrogen) atoms. The highest BCUT2D eigenvalue weighted by atomic mass is 32.1. The topological polar surface area (TPSA) is 29.9 Å². The number of aryl methyl sites for hydroxylation is 2. The third kappa shape index (κ3) is 2.42. The van der Waals surface area contributed by atoms with Crippen LogP contribution in [0.25, 0.3) is 0 Å². The Morgan fingerprint density at radius 1 is 1.45 bits per heavy atom. The van der Waals surface area contributed by atoms with E-state index in [0.717, 1.165) is 13.1 Å². The molecule has 0 saturated heterocycles. The number of fused-ring (bicyclic) bond motifs is 1. The standard InChI is InChI=1S/C16H23N3S/c1-3-17-16(14-8-10-18-19(14)4-2)13-6-5-7-15-12(13)9-11-20-15/h8-11,13,16-17H,3-7H2,1-2H3. The minimum atomic E-state index is 0.385. The molecule has 1 aliphatic rings. The van der Waals surface area contributed by atoms with Crippen LogP contribution in [0.3, 0.4) is 0 Å². The highest BCUT2D eigenvalue weighted by molar-refractivity contribution is 7.10. The van der Waals surface area contributed by atoms with E-state index in [0.29, 0.717) is 12.0 Å². The lowest BCUT2D eigenvalue weighted by atomic mass is 9.81. The zero-order valence-corrected chi connectivity index (χ0v) is 13.1. The summed E-state index contributed by atoms with van der Waals surface area (Å²) in [7, 11) is 0. The molecule has 0 radical (unpaired) electrons. The second-order valence-corrected chi connectivity index (χ2v) is 6.41. The van der Waals surface area contributed by atoms with Gasteiger partial charge in [0.25, 0.3) is 0 Å². The highest BCUT2D eigenvalue weighted by Crippen LogP contribution is 2.42. The predicted molar refractivity (Wildman–Crippen MR) is 84.3 cm³/mol. The average Bonchev–Trinajstić information content (AvgIpc) is 3.12. The number of hydrogen-bond donors (Lipinski definition) is 1. The molecule has 4 heteroatoms. The summed E-state index contributed by atoms with van der Waals surface area (Å²) < 4.78 is 2.13. The van der Waals surface area contributed by atoms with Gasteiger partial charge < -0.3 is 5.32 Å². The molecule has 0 amide bonds. The Morgan fingerprint density at radius 2 is 2.35 bits per heavy atom. The SMILES string of the molecule is CCNC(c1ccnn1CC)C1CCCc2sccc21. The monoisotopic (exact) mass is 289 g/mol. The first-order valence-corrected chi connectivity index (χ1v) is 8.54. The third-order valence-electron chi connectivity index (χ3n) is 4.29. The molecule has 3 rings (SSSR count). The van der Waals surface area contributed by atoms with Crippen molar-refractivity contribution in [2.45, 2.75) is 51.6 Å². The molecule has 2 atom stereocenters. The molecule has 2 aromatic rings. The summed E-state index contributed by atoms with van der Waals surface area (Å²) >= 11 is 1.92. The molecule has 2 aromatic heterocycles. The minimum absolute atomic E-state index is 0.385. The molecule has 0 aliphatic heterocycles. The third-order valence-corrected chi connectivity index (χ3v) is 5.29. The van der Waals surface area contributed by atoms with Crippen molar-refractivity contribution in [2.24, 2.45) is 0 Å². The van der Waals surface area contributed by atoms with Crippen LogP contribution in [0.5, 0.6) is 0 Å². The summed E-state index contributed by atoms with van der Waals surface area (Å²) in [6.45, 7) is 6.29. The first-order chi connectivity index (χ1) is 9.85. The van der Waals surface area contributed by atoms with Crippen LogP contribution in [-0.2, 0) is 13.0 Å². The van der Waals surface area contributed by atoms with Crippen LogP contribution >= 0.6 is 11.3 Å². The number of likely N-dealkylation sites (N-methyl/N-ethyl adjacent to an activating group) is 1. The Morgan fingerprint density at radius 3 is 3.15 bits per heavy atom. The first-order valence-electron chi connectivity index (χ1n) is 7.66. The van der Waals surface area contributed by atoms with Crippen molar-refractivity contribution in [2.75, 3.05) is 6.54 Å². The van der Waals surface area contributed by atoms with Gasteiger partial charge in [0.2, 0.25) is 0 Å². The number of rotatable bonds is 5. The molecule has 3 nitrogen and oxygen atoms in total. The first kappa shape index (κ1) is 13.8.